The van der Waals surface area contributed by atoms with Gasteiger partial charge >= 0.3 is 0 Å². The van der Waals surface area contributed by atoms with Crippen LogP contribution in [-0.4, -0.2) is 57.6 Å². The molecule has 4 heterocycles. The van der Waals surface area contributed by atoms with Gasteiger partial charge in [0.25, 0.3) is 0 Å². The van der Waals surface area contributed by atoms with E-state index in [1.165, 1.54) is 44.5 Å². The Kier molecular flexibility index (Phi) is 6.08. The van der Waals surface area contributed by atoms with Crippen molar-refractivity contribution in [1.29, 1.82) is 0 Å². The quantitative estimate of drug-likeness (QED) is 0.388. The molecule has 1 aromatic carbocycles. The Hall–Kier alpha value is -2.55. The second kappa shape index (κ2) is 9.13. The summed E-state index contributed by atoms with van der Waals surface area (Å²) in [4.78, 5) is 17.8. The lowest BCUT2D eigenvalue weighted by molar-refractivity contribution is 0.328. The van der Waals surface area contributed by atoms with Gasteiger partial charge in [-0.1, -0.05) is 29.5 Å². The van der Waals surface area contributed by atoms with Gasteiger partial charge < -0.3 is 20.1 Å². The molecular weight excluding hydrogens is 418 g/mol. The Morgan fingerprint density at radius 2 is 2.00 bits per heavy atom. The molecule has 1 atom stereocenters. The number of fused-ring (bicyclic) bond motifs is 3. The van der Waals surface area contributed by atoms with Gasteiger partial charge in [-0.2, -0.15) is 0 Å². The van der Waals surface area contributed by atoms with Gasteiger partial charge in [0, 0.05) is 25.7 Å². The SMILES string of the molecule is CNc1nc2sc(-c3cccc(C(C)NCCCN4CCCC4)c3)nc2c2c1ncn2C. The van der Waals surface area contributed by atoms with Crippen LogP contribution < -0.4 is 10.6 Å². The molecule has 2 N–H and O–H groups in total. The molecule has 8 heteroatoms. The standard InChI is InChI=1S/C24H31N7S/c1-16(26-10-7-13-31-11-4-5-12-31)17-8-6-9-18(14-17)23-28-20-21-19(27-15-30(21)3)22(25-2)29-24(20)32-23/h6,8-9,14-16,26H,4-5,7,10-13H2,1-3H3,(H,25,29). The molecule has 1 aliphatic rings. The van der Waals surface area contributed by atoms with E-state index in [1.807, 2.05) is 25.0 Å². The first-order valence-corrected chi connectivity index (χ1v) is 12.3. The van der Waals surface area contributed by atoms with Gasteiger partial charge in [0.05, 0.1) is 6.33 Å². The first-order chi connectivity index (χ1) is 15.6. The maximum atomic E-state index is 4.98. The fourth-order valence-electron chi connectivity index (χ4n) is 4.56. The summed E-state index contributed by atoms with van der Waals surface area (Å²) < 4.78 is 2.02. The van der Waals surface area contributed by atoms with Crippen LogP contribution in [0.3, 0.4) is 0 Å². The highest BCUT2D eigenvalue weighted by atomic mass is 32.1. The molecule has 0 spiro atoms. The molecule has 1 fully saturated rings. The van der Waals surface area contributed by atoms with Crippen LogP contribution in [-0.2, 0) is 7.05 Å². The largest absolute Gasteiger partial charge is 0.371 e. The maximum absolute atomic E-state index is 4.98. The first-order valence-electron chi connectivity index (χ1n) is 11.5. The van der Waals surface area contributed by atoms with Crippen LogP contribution in [0.1, 0.15) is 37.8 Å². The van der Waals surface area contributed by atoms with E-state index < -0.39 is 0 Å². The van der Waals surface area contributed by atoms with Gasteiger partial charge in [-0.15, -0.1) is 0 Å². The van der Waals surface area contributed by atoms with Crippen molar-refractivity contribution in [2.24, 2.45) is 7.05 Å². The van der Waals surface area contributed by atoms with E-state index in [0.717, 1.165) is 44.3 Å². The summed E-state index contributed by atoms with van der Waals surface area (Å²) in [5.74, 6) is 0.795. The zero-order chi connectivity index (χ0) is 22.1. The molecule has 1 aliphatic heterocycles. The van der Waals surface area contributed by atoms with E-state index in [9.17, 15) is 0 Å². The lowest BCUT2D eigenvalue weighted by Crippen LogP contribution is -2.26. The van der Waals surface area contributed by atoms with Crippen LogP contribution in [0.15, 0.2) is 30.6 Å². The van der Waals surface area contributed by atoms with E-state index in [-0.39, 0.29) is 0 Å². The van der Waals surface area contributed by atoms with Gasteiger partial charge in [0.2, 0.25) is 0 Å². The van der Waals surface area contributed by atoms with Crippen molar-refractivity contribution in [2.75, 3.05) is 38.5 Å². The highest BCUT2D eigenvalue weighted by molar-refractivity contribution is 7.21. The summed E-state index contributed by atoms with van der Waals surface area (Å²) in [5, 5.41) is 7.86. The third kappa shape index (κ3) is 4.10. The average Bonchev–Trinajstić information content (AvgIpc) is 3.56. The average molecular weight is 450 g/mol. The van der Waals surface area contributed by atoms with Crippen LogP contribution in [0.5, 0.6) is 0 Å². The predicted octanol–water partition coefficient (Wildman–Crippen LogP) is 4.42. The van der Waals surface area contributed by atoms with Gasteiger partial charge in [0.15, 0.2) is 5.82 Å². The zero-order valence-electron chi connectivity index (χ0n) is 19.1. The van der Waals surface area contributed by atoms with Crippen LogP contribution in [0.25, 0.3) is 32.0 Å². The van der Waals surface area contributed by atoms with E-state index >= 15 is 0 Å². The van der Waals surface area contributed by atoms with Crippen LogP contribution in [0.4, 0.5) is 5.82 Å². The molecule has 168 valence electrons. The molecule has 3 aromatic heterocycles. The molecule has 1 unspecified atom stereocenters. The highest BCUT2D eigenvalue weighted by Gasteiger charge is 2.17. The number of rotatable bonds is 8. The number of nitrogens with zero attached hydrogens (tertiary/aromatic N) is 5. The van der Waals surface area contributed by atoms with Crippen molar-refractivity contribution in [1.82, 2.24) is 29.7 Å². The van der Waals surface area contributed by atoms with E-state index in [0.29, 0.717) is 6.04 Å². The van der Waals surface area contributed by atoms with Crippen molar-refractivity contribution in [3.63, 3.8) is 0 Å². The van der Waals surface area contributed by atoms with Crippen molar-refractivity contribution in [3.05, 3.63) is 36.2 Å². The Bertz CT molecular complexity index is 1220. The number of imidazole rings is 1. The number of nitrogens with one attached hydrogen (secondary N) is 2. The molecule has 0 aliphatic carbocycles. The molecule has 5 rings (SSSR count). The topological polar surface area (TPSA) is 70.9 Å². The molecule has 4 aromatic rings. The molecule has 0 amide bonds. The van der Waals surface area contributed by atoms with Crippen molar-refractivity contribution >= 4 is 38.5 Å². The van der Waals surface area contributed by atoms with Crippen LogP contribution >= 0.6 is 11.3 Å². The summed E-state index contributed by atoms with van der Waals surface area (Å²) in [6, 6.07) is 9.04. The smallest absolute Gasteiger partial charge is 0.155 e. The number of anilines is 1. The molecule has 0 bridgehead atoms. The Morgan fingerprint density at radius 3 is 2.81 bits per heavy atom. The predicted molar refractivity (Wildman–Crippen MR) is 133 cm³/mol. The van der Waals surface area contributed by atoms with Gasteiger partial charge in [-0.3, -0.25) is 0 Å². The normalized spacial score (nSPS) is 15.7. The maximum Gasteiger partial charge on any atom is 0.155 e. The number of likely N-dealkylation sites (tertiary alicyclic amines) is 1. The van der Waals surface area contributed by atoms with E-state index in [1.54, 1.807) is 11.3 Å². The van der Waals surface area contributed by atoms with Gasteiger partial charge in [-0.05, 0) is 64.0 Å². The Balaban J connectivity index is 1.35. The number of benzene rings is 1. The van der Waals surface area contributed by atoms with Crippen LogP contribution in [0.2, 0.25) is 0 Å². The van der Waals surface area contributed by atoms with Gasteiger partial charge in [-0.25, -0.2) is 15.0 Å². The lowest BCUT2D eigenvalue weighted by atomic mass is 10.1. The van der Waals surface area contributed by atoms with Gasteiger partial charge in [0.1, 0.15) is 26.4 Å². The molecular formula is C24H31N7S. The molecule has 32 heavy (non-hydrogen) atoms. The molecule has 0 radical (unpaired) electrons. The number of thiazole rings is 1. The summed E-state index contributed by atoms with van der Waals surface area (Å²) in [6.07, 6.45) is 5.74. The fraction of sp³-hybridized carbons (Fsp3) is 0.458. The molecule has 7 nitrogen and oxygen atoms in total. The number of pyridine rings is 1. The van der Waals surface area contributed by atoms with E-state index in [2.05, 4.69) is 51.7 Å². The summed E-state index contributed by atoms with van der Waals surface area (Å²) in [7, 11) is 3.89. The molecule has 1 saturated heterocycles. The third-order valence-electron chi connectivity index (χ3n) is 6.38. The Morgan fingerprint density at radius 1 is 1.16 bits per heavy atom. The second-order valence-corrected chi connectivity index (χ2v) is 9.62. The monoisotopic (exact) mass is 449 g/mol. The lowest BCUT2D eigenvalue weighted by Gasteiger charge is -2.17. The minimum atomic E-state index is 0.306. The summed E-state index contributed by atoms with van der Waals surface area (Å²) in [6.45, 7) is 7.03. The number of aryl methyl sites for hydroxylation is 1. The number of hydrogen-bond acceptors (Lipinski definition) is 7. The Labute approximate surface area is 192 Å². The minimum Gasteiger partial charge on any atom is -0.371 e. The zero-order valence-corrected chi connectivity index (χ0v) is 19.9. The van der Waals surface area contributed by atoms with E-state index in [4.69, 9.17) is 9.97 Å². The molecule has 0 saturated carbocycles. The highest BCUT2D eigenvalue weighted by Crippen LogP contribution is 2.35. The second-order valence-electron chi connectivity index (χ2n) is 8.64. The van der Waals surface area contributed by atoms with Crippen molar-refractivity contribution in [3.8, 4) is 10.6 Å². The fourth-order valence-corrected chi connectivity index (χ4v) is 5.50. The number of aromatic nitrogens is 4. The minimum absolute atomic E-state index is 0.306. The summed E-state index contributed by atoms with van der Waals surface area (Å²) >= 11 is 1.63. The number of hydrogen-bond donors (Lipinski definition) is 2. The first kappa shape index (κ1) is 21.3. The third-order valence-corrected chi connectivity index (χ3v) is 7.38. The van der Waals surface area contributed by atoms with Crippen molar-refractivity contribution < 1.29 is 0 Å². The summed E-state index contributed by atoms with van der Waals surface area (Å²) in [5.41, 5.74) is 5.22. The van der Waals surface area contributed by atoms with Crippen molar-refractivity contribution in [2.45, 2.75) is 32.2 Å². The van der Waals surface area contributed by atoms with Crippen LogP contribution in [0, 0.1) is 0 Å².